The minimum atomic E-state index is -3.71. The summed E-state index contributed by atoms with van der Waals surface area (Å²) in [7, 11) is -3.71. The van der Waals surface area contributed by atoms with E-state index in [0.29, 0.717) is 30.2 Å². The predicted molar refractivity (Wildman–Crippen MR) is 128 cm³/mol. The highest BCUT2D eigenvalue weighted by Gasteiger charge is 2.27. The van der Waals surface area contributed by atoms with Crippen LogP contribution in [0.4, 0.5) is 11.6 Å². The summed E-state index contributed by atoms with van der Waals surface area (Å²) in [4.78, 5) is 15.7. The zero-order valence-electron chi connectivity index (χ0n) is 19.2. The van der Waals surface area contributed by atoms with E-state index >= 15 is 0 Å². The molecule has 1 saturated heterocycles. The second-order valence-electron chi connectivity index (χ2n) is 8.34. The molecular weight excluding hydrogens is 440 g/mol. The molecule has 1 N–H and O–H groups in total. The standard InChI is InChI=1S/C23H30N6O3S/c1-4-28(5-2)33(31,32)18-9-10-20(27-14-11-17(3)12-15-27)19(16-18)22(30)24-23-26-25-21-8-6-7-13-29(21)23/h6-10,13,16-17H,4-5,11-12,14-15H2,1-3H3,(H,24,26,30). The van der Waals surface area contributed by atoms with Gasteiger partial charge in [0.2, 0.25) is 16.0 Å². The van der Waals surface area contributed by atoms with E-state index in [9.17, 15) is 13.2 Å². The van der Waals surface area contributed by atoms with Crippen LogP contribution in [0, 0.1) is 5.92 Å². The molecule has 1 aromatic carbocycles. The second kappa shape index (κ2) is 9.48. The van der Waals surface area contributed by atoms with Gasteiger partial charge in [-0.3, -0.25) is 14.5 Å². The van der Waals surface area contributed by atoms with Crippen LogP contribution < -0.4 is 10.2 Å². The van der Waals surface area contributed by atoms with Gasteiger partial charge < -0.3 is 4.90 Å². The lowest BCUT2D eigenvalue weighted by atomic mass is 9.98. The average molecular weight is 471 g/mol. The van der Waals surface area contributed by atoms with Crippen molar-refractivity contribution in [3.8, 4) is 0 Å². The van der Waals surface area contributed by atoms with Crippen molar-refractivity contribution in [1.29, 1.82) is 0 Å². The fourth-order valence-corrected chi connectivity index (χ4v) is 5.68. The van der Waals surface area contributed by atoms with Crippen LogP contribution in [0.1, 0.15) is 44.0 Å². The van der Waals surface area contributed by atoms with Crippen molar-refractivity contribution in [2.45, 2.75) is 38.5 Å². The van der Waals surface area contributed by atoms with Crippen LogP contribution in [-0.2, 0) is 10.0 Å². The summed E-state index contributed by atoms with van der Waals surface area (Å²) in [5.74, 6) is 0.493. The van der Waals surface area contributed by atoms with Gasteiger partial charge in [0.15, 0.2) is 5.65 Å². The van der Waals surface area contributed by atoms with Gasteiger partial charge in [0.05, 0.1) is 10.5 Å². The van der Waals surface area contributed by atoms with Crippen molar-refractivity contribution in [3.63, 3.8) is 0 Å². The van der Waals surface area contributed by atoms with Crippen molar-refractivity contribution < 1.29 is 13.2 Å². The summed E-state index contributed by atoms with van der Waals surface area (Å²) < 4.78 is 29.4. The van der Waals surface area contributed by atoms with E-state index in [1.807, 2.05) is 12.1 Å². The number of rotatable bonds is 7. The second-order valence-corrected chi connectivity index (χ2v) is 10.3. The van der Waals surface area contributed by atoms with Gasteiger partial charge in [0.1, 0.15) is 0 Å². The molecule has 33 heavy (non-hydrogen) atoms. The number of anilines is 2. The van der Waals surface area contributed by atoms with E-state index in [1.165, 1.54) is 10.4 Å². The number of carbonyl (C=O) groups is 1. The number of benzene rings is 1. The Labute approximate surface area is 194 Å². The number of fused-ring (bicyclic) bond motifs is 1. The van der Waals surface area contributed by atoms with E-state index in [-0.39, 0.29) is 10.8 Å². The first kappa shape index (κ1) is 23.2. The molecule has 1 aliphatic rings. The smallest absolute Gasteiger partial charge is 0.260 e. The lowest BCUT2D eigenvalue weighted by molar-refractivity contribution is 0.102. The zero-order valence-corrected chi connectivity index (χ0v) is 20.0. The normalized spacial score (nSPS) is 15.3. The molecule has 0 saturated carbocycles. The fourth-order valence-electron chi connectivity index (χ4n) is 4.19. The van der Waals surface area contributed by atoms with Crippen LogP contribution in [0.3, 0.4) is 0 Å². The number of amides is 1. The van der Waals surface area contributed by atoms with Gasteiger partial charge in [-0.25, -0.2) is 8.42 Å². The van der Waals surface area contributed by atoms with Crippen molar-refractivity contribution >= 4 is 33.2 Å². The molecule has 0 unspecified atom stereocenters. The third kappa shape index (κ3) is 4.58. The number of nitrogens with zero attached hydrogens (tertiary/aromatic N) is 5. The van der Waals surface area contributed by atoms with Crippen molar-refractivity contribution in [2.75, 3.05) is 36.4 Å². The number of sulfonamides is 1. The van der Waals surface area contributed by atoms with Crippen LogP contribution in [0.15, 0.2) is 47.5 Å². The van der Waals surface area contributed by atoms with Gasteiger partial charge in [-0.1, -0.05) is 26.8 Å². The monoisotopic (exact) mass is 470 g/mol. The van der Waals surface area contributed by atoms with Crippen molar-refractivity contribution in [1.82, 2.24) is 18.9 Å². The number of hydrogen-bond donors (Lipinski definition) is 1. The van der Waals surface area contributed by atoms with E-state index in [4.69, 9.17) is 0 Å². The maximum atomic E-state index is 13.4. The number of nitrogens with one attached hydrogen (secondary N) is 1. The van der Waals surface area contributed by atoms with E-state index in [2.05, 4.69) is 27.3 Å². The molecule has 1 fully saturated rings. The minimum Gasteiger partial charge on any atom is -0.371 e. The Bertz CT molecular complexity index is 1240. The zero-order chi connectivity index (χ0) is 23.6. The van der Waals surface area contributed by atoms with Crippen LogP contribution >= 0.6 is 0 Å². The fraction of sp³-hybridized carbons (Fsp3) is 0.435. The highest BCUT2D eigenvalue weighted by Crippen LogP contribution is 2.30. The number of hydrogen-bond acceptors (Lipinski definition) is 6. The first-order chi connectivity index (χ1) is 15.8. The van der Waals surface area contributed by atoms with Crippen molar-refractivity contribution in [3.05, 3.63) is 48.2 Å². The molecule has 3 aromatic rings. The van der Waals surface area contributed by atoms with Gasteiger partial charge in [-0.15, -0.1) is 10.2 Å². The number of aromatic nitrogens is 3. The van der Waals surface area contributed by atoms with Gasteiger partial charge in [-0.05, 0) is 49.1 Å². The Hall–Kier alpha value is -2.98. The molecule has 4 rings (SSSR count). The molecule has 3 heterocycles. The number of piperidine rings is 1. The maximum absolute atomic E-state index is 13.4. The Kier molecular flexibility index (Phi) is 6.66. The first-order valence-electron chi connectivity index (χ1n) is 11.4. The molecule has 176 valence electrons. The molecule has 0 radical (unpaired) electrons. The Morgan fingerprint density at radius 2 is 1.85 bits per heavy atom. The van der Waals surface area contributed by atoms with E-state index in [1.54, 1.807) is 42.6 Å². The van der Waals surface area contributed by atoms with Gasteiger partial charge in [-0.2, -0.15) is 4.31 Å². The molecule has 0 aliphatic carbocycles. The third-order valence-corrected chi connectivity index (χ3v) is 8.27. The highest BCUT2D eigenvalue weighted by atomic mass is 32.2. The highest BCUT2D eigenvalue weighted by molar-refractivity contribution is 7.89. The number of pyridine rings is 1. The van der Waals surface area contributed by atoms with Crippen LogP contribution in [0.5, 0.6) is 0 Å². The van der Waals surface area contributed by atoms with Gasteiger partial charge in [0.25, 0.3) is 5.91 Å². The number of carbonyl (C=O) groups excluding carboxylic acids is 1. The molecule has 9 nitrogen and oxygen atoms in total. The topological polar surface area (TPSA) is 99.9 Å². The molecule has 1 aliphatic heterocycles. The van der Waals surface area contributed by atoms with Gasteiger partial charge >= 0.3 is 0 Å². The maximum Gasteiger partial charge on any atom is 0.260 e. The molecule has 0 atom stereocenters. The molecule has 0 bridgehead atoms. The SMILES string of the molecule is CCN(CC)S(=O)(=O)c1ccc(N2CCC(C)CC2)c(C(=O)Nc2nnc3ccccn23)c1. The Balaban J connectivity index is 1.74. The van der Waals surface area contributed by atoms with E-state index < -0.39 is 15.9 Å². The molecule has 1 amide bonds. The lowest BCUT2D eigenvalue weighted by Crippen LogP contribution is -2.35. The minimum absolute atomic E-state index is 0.108. The van der Waals surface area contributed by atoms with E-state index in [0.717, 1.165) is 31.6 Å². The first-order valence-corrected chi connectivity index (χ1v) is 12.8. The Morgan fingerprint density at radius 1 is 1.12 bits per heavy atom. The van der Waals surface area contributed by atoms with Crippen LogP contribution in [0.25, 0.3) is 5.65 Å². The van der Waals surface area contributed by atoms with Gasteiger partial charge in [0, 0.05) is 38.1 Å². The summed E-state index contributed by atoms with van der Waals surface area (Å²) in [5, 5.41) is 11.0. The van der Waals surface area contributed by atoms with Crippen molar-refractivity contribution in [2.24, 2.45) is 5.92 Å². The summed E-state index contributed by atoms with van der Waals surface area (Å²) in [6.07, 6.45) is 3.81. The predicted octanol–water partition coefficient (Wildman–Crippen LogP) is 3.25. The van der Waals surface area contributed by atoms with Crippen LogP contribution in [-0.4, -0.2) is 59.4 Å². The molecular formula is C23H30N6O3S. The average Bonchev–Trinajstić information content (AvgIpc) is 3.22. The third-order valence-electron chi connectivity index (χ3n) is 6.22. The summed E-state index contributed by atoms with van der Waals surface area (Å²) in [6, 6.07) is 10.3. The summed E-state index contributed by atoms with van der Waals surface area (Å²) >= 11 is 0. The largest absolute Gasteiger partial charge is 0.371 e. The molecule has 0 spiro atoms. The Morgan fingerprint density at radius 3 is 2.55 bits per heavy atom. The quantitative estimate of drug-likeness (QED) is 0.569. The lowest BCUT2D eigenvalue weighted by Gasteiger charge is -2.33. The van der Waals surface area contributed by atoms with Crippen LogP contribution in [0.2, 0.25) is 0 Å². The molecule has 2 aromatic heterocycles. The summed E-state index contributed by atoms with van der Waals surface area (Å²) in [6.45, 7) is 8.18. The summed E-state index contributed by atoms with van der Waals surface area (Å²) in [5.41, 5.74) is 1.65. The molecule has 10 heteroatoms.